The summed E-state index contributed by atoms with van der Waals surface area (Å²) in [4.78, 5) is 2.36. The van der Waals surface area contributed by atoms with E-state index in [1.807, 2.05) is 18.2 Å². The lowest BCUT2D eigenvalue weighted by molar-refractivity contribution is 0.293. The zero-order valence-corrected chi connectivity index (χ0v) is 10.7. The highest BCUT2D eigenvalue weighted by molar-refractivity contribution is 6.00. The van der Waals surface area contributed by atoms with Gasteiger partial charge in [-0.25, -0.2) is 0 Å². The third-order valence-electron chi connectivity index (χ3n) is 3.44. The van der Waals surface area contributed by atoms with Crippen LogP contribution in [0.5, 0.6) is 0 Å². The number of nitrogens with zero attached hydrogens (tertiary/aromatic N) is 1. The first-order valence-corrected chi connectivity index (χ1v) is 6.18. The van der Waals surface area contributed by atoms with Gasteiger partial charge in [0.1, 0.15) is 5.84 Å². The Morgan fingerprint density at radius 3 is 2.71 bits per heavy atom. The summed E-state index contributed by atoms with van der Waals surface area (Å²) in [5.41, 5.74) is 7.95. The minimum atomic E-state index is 0.156. The number of hydrogen-bond acceptors (Lipinski definition) is 2. The minimum Gasteiger partial charge on any atom is -0.384 e. The van der Waals surface area contributed by atoms with Gasteiger partial charge in [0, 0.05) is 24.3 Å². The molecule has 3 N–H and O–H groups in total. The predicted octanol–water partition coefficient (Wildman–Crippen LogP) is 2.60. The molecule has 1 aliphatic heterocycles. The van der Waals surface area contributed by atoms with Crippen molar-refractivity contribution in [3.8, 4) is 0 Å². The van der Waals surface area contributed by atoms with Crippen LogP contribution in [0.4, 0.5) is 5.69 Å². The van der Waals surface area contributed by atoms with E-state index in [0.29, 0.717) is 5.41 Å². The fraction of sp³-hybridized carbons (Fsp3) is 0.500. The van der Waals surface area contributed by atoms with Crippen LogP contribution in [0.3, 0.4) is 0 Å². The molecule has 0 saturated carbocycles. The number of para-hydroxylation sites is 1. The van der Waals surface area contributed by atoms with E-state index in [-0.39, 0.29) is 5.84 Å². The molecule has 2 rings (SSSR count). The largest absolute Gasteiger partial charge is 0.384 e. The van der Waals surface area contributed by atoms with Crippen LogP contribution in [0.15, 0.2) is 24.3 Å². The molecule has 1 heterocycles. The smallest absolute Gasteiger partial charge is 0.124 e. The first-order chi connectivity index (χ1) is 7.99. The molecular weight excluding hydrogens is 210 g/mol. The van der Waals surface area contributed by atoms with Gasteiger partial charge in [-0.15, -0.1) is 0 Å². The maximum absolute atomic E-state index is 7.64. The molecule has 1 aromatic carbocycles. The highest BCUT2D eigenvalue weighted by atomic mass is 15.1. The van der Waals surface area contributed by atoms with Crippen molar-refractivity contribution in [2.24, 2.45) is 11.1 Å². The first-order valence-electron chi connectivity index (χ1n) is 6.18. The molecule has 3 heteroatoms. The monoisotopic (exact) mass is 231 g/mol. The standard InChI is InChI=1S/C14H21N3/c1-14(2)8-5-9-17(10-14)12-7-4-3-6-11(12)13(15)16/h3-4,6-7H,5,8-10H2,1-2H3,(H3,15,16). The first kappa shape index (κ1) is 12.0. The summed E-state index contributed by atoms with van der Waals surface area (Å²) in [7, 11) is 0. The van der Waals surface area contributed by atoms with Crippen molar-refractivity contribution in [1.82, 2.24) is 0 Å². The summed E-state index contributed by atoms with van der Waals surface area (Å²) in [5, 5.41) is 7.64. The Morgan fingerprint density at radius 2 is 2.06 bits per heavy atom. The number of nitrogens with one attached hydrogen (secondary N) is 1. The van der Waals surface area contributed by atoms with Crippen LogP contribution in [0.25, 0.3) is 0 Å². The van der Waals surface area contributed by atoms with Gasteiger partial charge < -0.3 is 10.6 Å². The van der Waals surface area contributed by atoms with Crippen LogP contribution in [0, 0.1) is 10.8 Å². The minimum absolute atomic E-state index is 0.156. The summed E-state index contributed by atoms with van der Waals surface area (Å²) >= 11 is 0. The lowest BCUT2D eigenvalue weighted by atomic mass is 9.84. The molecule has 0 bridgehead atoms. The number of benzene rings is 1. The van der Waals surface area contributed by atoms with Gasteiger partial charge in [0.05, 0.1) is 0 Å². The van der Waals surface area contributed by atoms with E-state index in [9.17, 15) is 0 Å². The van der Waals surface area contributed by atoms with Crippen molar-refractivity contribution in [3.05, 3.63) is 29.8 Å². The second kappa shape index (κ2) is 4.40. The van der Waals surface area contributed by atoms with Crippen molar-refractivity contribution >= 4 is 11.5 Å². The van der Waals surface area contributed by atoms with Crippen molar-refractivity contribution in [3.63, 3.8) is 0 Å². The molecule has 0 amide bonds. The van der Waals surface area contributed by atoms with Crippen LogP contribution in [-0.2, 0) is 0 Å². The third kappa shape index (κ3) is 2.60. The third-order valence-corrected chi connectivity index (χ3v) is 3.44. The second-order valence-electron chi connectivity index (χ2n) is 5.62. The van der Waals surface area contributed by atoms with Gasteiger partial charge in [0.25, 0.3) is 0 Å². The fourth-order valence-electron chi connectivity index (χ4n) is 2.61. The SMILES string of the molecule is CC1(C)CCCN(c2ccccc2C(=N)N)C1. The molecule has 92 valence electrons. The quantitative estimate of drug-likeness (QED) is 0.607. The molecule has 17 heavy (non-hydrogen) atoms. The van der Waals surface area contributed by atoms with Crippen LogP contribution >= 0.6 is 0 Å². The number of hydrogen-bond donors (Lipinski definition) is 2. The van der Waals surface area contributed by atoms with Crippen LogP contribution in [0.2, 0.25) is 0 Å². The molecule has 1 aromatic rings. The Balaban J connectivity index is 2.30. The van der Waals surface area contributed by atoms with Gasteiger partial charge in [-0.2, -0.15) is 0 Å². The topological polar surface area (TPSA) is 53.1 Å². The zero-order valence-electron chi connectivity index (χ0n) is 10.7. The Labute approximate surface area is 103 Å². The van der Waals surface area contributed by atoms with Gasteiger partial charge >= 0.3 is 0 Å². The van der Waals surface area contributed by atoms with Gasteiger partial charge in [-0.1, -0.05) is 26.0 Å². The molecule has 1 saturated heterocycles. The maximum Gasteiger partial charge on any atom is 0.124 e. The number of piperidine rings is 1. The Kier molecular flexibility index (Phi) is 3.09. The van der Waals surface area contributed by atoms with E-state index in [0.717, 1.165) is 24.3 Å². The van der Waals surface area contributed by atoms with E-state index in [1.165, 1.54) is 12.8 Å². The van der Waals surface area contributed by atoms with E-state index in [4.69, 9.17) is 11.1 Å². The Morgan fingerprint density at radius 1 is 1.35 bits per heavy atom. The average Bonchev–Trinajstić information content (AvgIpc) is 2.27. The van der Waals surface area contributed by atoms with Crippen molar-refractivity contribution < 1.29 is 0 Å². The normalized spacial score (nSPS) is 19.1. The van der Waals surface area contributed by atoms with Gasteiger partial charge in [-0.05, 0) is 30.4 Å². The number of nitrogen functional groups attached to an aromatic ring is 1. The predicted molar refractivity (Wildman–Crippen MR) is 72.7 cm³/mol. The van der Waals surface area contributed by atoms with Crippen molar-refractivity contribution in [2.45, 2.75) is 26.7 Å². The lowest BCUT2D eigenvalue weighted by Gasteiger charge is -2.40. The number of anilines is 1. The summed E-state index contributed by atoms with van der Waals surface area (Å²) in [6.07, 6.45) is 2.48. The highest BCUT2D eigenvalue weighted by Crippen LogP contribution is 2.32. The average molecular weight is 231 g/mol. The molecular formula is C14H21N3. The molecule has 0 aliphatic carbocycles. The van der Waals surface area contributed by atoms with Crippen molar-refractivity contribution in [2.75, 3.05) is 18.0 Å². The maximum atomic E-state index is 7.64. The zero-order chi connectivity index (χ0) is 12.5. The number of rotatable bonds is 2. The van der Waals surface area contributed by atoms with Crippen LogP contribution < -0.4 is 10.6 Å². The second-order valence-corrected chi connectivity index (χ2v) is 5.62. The molecule has 0 radical (unpaired) electrons. The molecule has 0 atom stereocenters. The van der Waals surface area contributed by atoms with E-state index >= 15 is 0 Å². The van der Waals surface area contributed by atoms with E-state index in [1.54, 1.807) is 0 Å². The Hall–Kier alpha value is -1.51. The molecule has 0 aromatic heterocycles. The van der Waals surface area contributed by atoms with Crippen molar-refractivity contribution in [1.29, 1.82) is 5.41 Å². The summed E-state index contributed by atoms with van der Waals surface area (Å²) in [6.45, 7) is 6.70. The molecule has 0 spiro atoms. The van der Waals surface area contributed by atoms with Gasteiger partial charge in [0.2, 0.25) is 0 Å². The molecule has 1 fully saturated rings. The lowest BCUT2D eigenvalue weighted by Crippen LogP contribution is -2.41. The van der Waals surface area contributed by atoms with Gasteiger partial charge in [0.15, 0.2) is 0 Å². The molecule has 3 nitrogen and oxygen atoms in total. The number of amidine groups is 1. The summed E-state index contributed by atoms with van der Waals surface area (Å²) in [6, 6.07) is 7.95. The highest BCUT2D eigenvalue weighted by Gasteiger charge is 2.27. The van der Waals surface area contributed by atoms with Crippen LogP contribution in [0.1, 0.15) is 32.3 Å². The number of nitrogens with two attached hydrogens (primary N) is 1. The van der Waals surface area contributed by atoms with E-state index < -0.39 is 0 Å². The van der Waals surface area contributed by atoms with E-state index in [2.05, 4.69) is 24.8 Å². The Bertz CT molecular complexity index is 423. The summed E-state index contributed by atoms with van der Waals surface area (Å²) in [5.74, 6) is 0.156. The fourth-order valence-corrected chi connectivity index (χ4v) is 2.61. The van der Waals surface area contributed by atoms with Crippen LogP contribution in [-0.4, -0.2) is 18.9 Å². The molecule has 0 unspecified atom stereocenters. The summed E-state index contributed by atoms with van der Waals surface area (Å²) < 4.78 is 0. The molecule has 1 aliphatic rings. The van der Waals surface area contributed by atoms with Gasteiger partial charge in [-0.3, -0.25) is 5.41 Å².